The minimum atomic E-state index is -4.35. The van der Waals surface area contributed by atoms with Crippen LogP contribution in [-0.4, -0.2) is 55.7 Å². The number of alkyl halides is 3. The Morgan fingerprint density at radius 1 is 1.26 bits per heavy atom. The van der Waals surface area contributed by atoms with Gasteiger partial charge in [-0.05, 0) is 32.9 Å². The highest BCUT2D eigenvalue weighted by Gasteiger charge is 2.27. The summed E-state index contributed by atoms with van der Waals surface area (Å²) in [5, 5.41) is 4.79. The van der Waals surface area contributed by atoms with Crippen LogP contribution < -0.4 is 10.6 Å². The van der Waals surface area contributed by atoms with Gasteiger partial charge >= 0.3 is 6.18 Å². The Kier molecular flexibility index (Phi) is 6.57. The van der Waals surface area contributed by atoms with Crippen LogP contribution in [0.2, 0.25) is 0 Å². The second-order valence-electron chi connectivity index (χ2n) is 5.04. The Labute approximate surface area is 111 Å². The van der Waals surface area contributed by atoms with E-state index in [2.05, 4.69) is 10.2 Å². The zero-order chi connectivity index (χ0) is 14.3. The highest BCUT2D eigenvalue weighted by atomic mass is 19.4. The zero-order valence-electron chi connectivity index (χ0n) is 11.2. The number of hydrogen-bond donors (Lipinski definition) is 2. The molecule has 1 amide bonds. The summed E-state index contributed by atoms with van der Waals surface area (Å²) >= 11 is 0. The third-order valence-corrected chi connectivity index (χ3v) is 3.08. The molecule has 4 nitrogen and oxygen atoms in total. The van der Waals surface area contributed by atoms with Crippen LogP contribution in [0.25, 0.3) is 0 Å². The second-order valence-corrected chi connectivity index (χ2v) is 5.04. The normalized spacial score (nSPS) is 19.2. The third-order valence-electron chi connectivity index (χ3n) is 3.08. The number of likely N-dealkylation sites (tertiary alicyclic amines) is 1. The molecule has 1 heterocycles. The van der Waals surface area contributed by atoms with Gasteiger partial charge in [-0.2, -0.15) is 13.2 Å². The van der Waals surface area contributed by atoms with Gasteiger partial charge in [0.15, 0.2) is 0 Å². The molecule has 1 saturated heterocycles. The minimum absolute atomic E-state index is 0.0783. The largest absolute Gasteiger partial charge is 0.405 e. The maximum absolute atomic E-state index is 11.9. The van der Waals surface area contributed by atoms with Crippen molar-refractivity contribution in [2.45, 2.75) is 38.4 Å². The molecule has 7 heteroatoms. The van der Waals surface area contributed by atoms with Crippen LogP contribution in [0.5, 0.6) is 0 Å². The number of carbonyl (C=O) groups excluding carboxylic acids is 1. The molecule has 112 valence electrons. The van der Waals surface area contributed by atoms with Crippen LogP contribution >= 0.6 is 0 Å². The lowest BCUT2D eigenvalue weighted by atomic mass is 10.1. The van der Waals surface area contributed by atoms with E-state index in [0.717, 1.165) is 19.6 Å². The van der Waals surface area contributed by atoms with Crippen molar-refractivity contribution >= 4 is 5.91 Å². The number of nitrogens with zero attached hydrogens (tertiary/aromatic N) is 1. The molecule has 1 aliphatic heterocycles. The SMILES string of the molecule is CC(CN1CCCCC1)NCC(=O)NCC(F)(F)F. The van der Waals surface area contributed by atoms with E-state index in [4.69, 9.17) is 0 Å². The molecule has 0 bridgehead atoms. The molecule has 0 aromatic carbocycles. The fourth-order valence-electron chi connectivity index (χ4n) is 2.12. The van der Waals surface area contributed by atoms with Crippen LogP contribution in [-0.2, 0) is 4.79 Å². The van der Waals surface area contributed by atoms with Crippen LogP contribution in [0.1, 0.15) is 26.2 Å². The number of amides is 1. The third kappa shape index (κ3) is 8.05. The molecule has 1 rings (SSSR count). The molecule has 0 spiro atoms. The molecular formula is C12H22F3N3O. The van der Waals surface area contributed by atoms with E-state index < -0.39 is 18.6 Å². The predicted octanol–water partition coefficient (Wildman–Crippen LogP) is 1.13. The smallest absolute Gasteiger partial charge is 0.346 e. The highest BCUT2D eigenvalue weighted by Crippen LogP contribution is 2.12. The molecule has 19 heavy (non-hydrogen) atoms. The number of hydrogen-bond acceptors (Lipinski definition) is 3. The van der Waals surface area contributed by atoms with Crippen molar-refractivity contribution in [3.05, 3.63) is 0 Å². The maximum Gasteiger partial charge on any atom is 0.405 e. The summed E-state index contributed by atoms with van der Waals surface area (Å²) in [6.07, 6.45) is -0.704. The Balaban J connectivity index is 2.11. The van der Waals surface area contributed by atoms with Crippen LogP contribution in [0, 0.1) is 0 Å². The average Bonchev–Trinajstić information content (AvgIpc) is 2.34. The first-order valence-electron chi connectivity index (χ1n) is 6.66. The summed E-state index contributed by atoms with van der Waals surface area (Å²) in [4.78, 5) is 13.5. The molecule has 0 aromatic rings. The lowest BCUT2D eigenvalue weighted by Gasteiger charge is -2.29. The highest BCUT2D eigenvalue weighted by molar-refractivity contribution is 5.78. The van der Waals surface area contributed by atoms with Gasteiger partial charge in [0.05, 0.1) is 6.54 Å². The Morgan fingerprint density at radius 2 is 1.89 bits per heavy atom. The monoisotopic (exact) mass is 281 g/mol. The number of halogens is 3. The van der Waals surface area contributed by atoms with E-state index in [1.54, 1.807) is 0 Å². The van der Waals surface area contributed by atoms with Gasteiger partial charge in [0.1, 0.15) is 6.54 Å². The van der Waals surface area contributed by atoms with Gasteiger partial charge in [0.25, 0.3) is 0 Å². The second kappa shape index (κ2) is 7.69. The average molecular weight is 281 g/mol. The Morgan fingerprint density at radius 3 is 2.47 bits per heavy atom. The number of rotatable bonds is 6. The predicted molar refractivity (Wildman–Crippen MR) is 66.8 cm³/mol. The Bertz CT molecular complexity index is 278. The quantitative estimate of drug-likeness (QED) is 0.767. The van der Waals surface area contributed by atoms with Gasteiger partial charge in [-0.25, -0.2) is 0 Å². The van der Waals surface area contributed by atoms with E-state index in [1.807, 2.05) is 12.2 Å². The lowest BCUT2D eigenvalue weighted by molar-refractivity contribution is -0.137. The number of piperidine rings is 1. The zero-order valence-corrected chi connectivity index (χ0v) is 11.2. The van der Waals surface area contributed by atoms with Gasteiger partial charge in [-0.1, -0.05) is 6.42 Å². The van der Waals surface area contributed by atoms with Crippen LogP contribution in [0.3, 0.4) is 0 Å². The fraction of sp³-hybridized carbons (Fsp3) is 0.917. The van der Waals surface area contributed by atoms with Crippen molar-refractivity contribution in [1.82, 2.24) is 15.5 Å². The molecular weight excluding hydrogens is 259 g/mol. The Hall–Kier alpha value is -0.820. The first-order valence-corrected chi connectivity index (χ1v) is 6.66. The molecule has 1 atom stereocenters. The van der Waals surface area contributed by atoms with Crippen molar-refractivity contribution in [2.75, 3.05) is 32.7 Å². The van der Waals surface area contributed by atoms with E-state index in [-0.39, 0.29) is 12.6 Å². The minimum Gasteiger partial charge on any atom is -0.346 e. The first kappa shape index (κ1) is 16.2. The van der Waals surface area contributed by atoms with Gasteiger partial charge < -0.3 is 15.5 Å². The lowest BCUT2D eigenvalue weighted by Crippen LogP contribution is -2.46. The summed E-state index contributed by atoms with van der Waals surface area (Å²) in [7, 11) is 0. The van der Waals surface area contributed by atoms with Crippen molar-refractivity contribution < 1.29 is 18.0 Å². The van der Waals surface area contributed by atoms with Crippen molar-refractivity contribution in [2.24, 2.45) is 0 Å². The summed E-state index contributed by atoms with van der Waals surface area (Å²) in [5.41, 5.74) is 0. The van der Waals surface area contributed by atoms with Crippen molar-refractivity contribution in [1.29, 1.82) is 0 Å². The first-order chi connectivity index (χ1) is 8.87. The molecule has 1 fully saturated rings. The summed E-state index contributed by atoms with van der Waals surface area (Å²) in [5.74, 6) is -0.622. The summed E-state index contributed by atoms with van der Waals surface area (Å²) < 4.78 is 35.6. The van der Waals surface area contributed by atoms with E-state index in [1.165, 1.54) is 19.3 Å². The topological polar surface area (TPSA) is 44.4 Å². The summed E-state index contributed by atoms with van der Waals surface area (Å²) in [6.45, 7) is 3.54. The van der Waals surface area contributed by atoms with Gasteiger partial charge in [-0.15, -0.1) is 0 Å². The van der Waals surface area contributed by atoms with Crippen molar-refractivity contribution in [3.8, 4) is 0 Å². The van der Waals surface area contributed by atoms with Crippen LogP contribution in [0.4, 0.5) is 13.2 Å². The molecule has 1 aliphatic rings. The molecule has 0 radical (unpaired) electrons. The van der Waals surface area contributed by atoms with Crippen molar-refractivity contribution in [3.63, 3.8) is 0 Å². The number of carbonyl (C=O) groups is 1. The molecule has 0 saturated carbocycles. The summed E-state index contributed by atoms with van der Waals surface area (Å²) in [6, 6.07) is 0.0923. The molecule has 0 aromatic heterocycles. The van der Waals surface area contributed by atoms with E-state index >= 15 is 0 Å². The van der Waals surface area contributed by atoms with E-state index in [0.29, 0.717) is 0 Å². The molecule has 0 aliphatic carbocycles. The van der Waals surface area contributed by atoms with Gasteiger partial charge in [-0.3, -0.25) is 4.79 Å². The number of nitrogens with one attached hydrogen (secondary N) is 2. The molecule has 1 unspecified atom stereocenters. The van der Waals surface area contributed by atoms with Gasteiger partial charge in [0, 0.05) is 12.6 Å². The molecule has 2 N–H and O–H groups in total. The fourth-order valence-corrected chi connectivity index (χ4v) is 2.12. The standard InChI is InChI=1S/C12H22F3N3O/c1-10(8-18-5-3-2-4-6-18)16-7-11(19)17-9-12(13,14)15/h10,16H,2-9H2,1H3,(H,17,19). The van der Waals surface area contributed by atoms with E-state index in [9.17, 15) is 18.0 Å². The maximum atomic E-state index is 11.9. The van der Waals surface area contributed by atoms with Crippen LogP contribution in [0.15, 0.2) is 0 Å². The van der Waals surface area contributed by atoms with Gasteiger partial charge in [0.2, 0.25) is 5.91 Å².